The lowest BCUT2D eigenvalue weighted by molar-refractivity contribution is -0.386. The van der Waals surface area contributed by atoms with Crippen molar-refractivity contribution in [1.29, 1.82) is 0 Å². The molecule has 20 heavy (non-hydrogen) atoms. The summed E-state index contributed by atoms with van der Waals surface area (Å²) in [6.07, 6.45) is 0. The quantitative estimate of drug-likeness (QED) is 0.676. The molecule has 104 valence electrons. The third-order valence-electron chi connectivity index (χ3n) is 2.58. The number of pyridine rings is 1. The third-order valence-corrected chi connectivity index (χ3v) is 2.83. The zero-order valence-electron chi connectivity index (χ0n) is 10.7. The first-order valence-corrected chi connectivity index (χ1v) is 6.18. The van der Waals surface area contributed by atoms with Crippen LogP contribution in [-0.2, 0) is 6.61 Å². The Hall–Kier alpha value is -2.34. The zero-order chi connectivity index (χ0) is 14.5. The van der Waals surface area contributed by atoms with Crippen LogP contribution in [0.5, 0.6) is 5.88 Å². The number of halogens is 1. The summed E-state index contributed by atoms with van der Waals surface area (Å²) in [5.41, 5.74) is 0.679. The van der Waals surface area contributed by atoms with Gasteiger partial charge in [0, 0.05) is 18.1 Å². The van der Waals surface area contributed by atoms with Crippen molar-refractivity contribution < 1.29 is 9.66 Å². The molecule has 0 saturated heterocycles. The monoisotopic (exact) mass is 293 g/mol. The fourth-order valence-corrected chi connectivity index (χ4v) is 1.68. The lowest BCUT2D eigenvalue weighted by Gasteiger charge is -2.07. The van der Waals surface area contributed by atoms with Gasteiger partial charge in [0.1, 0.15) is 12.4 Å². The summed E-state index contributed by atoms with van der Waals surface area (Å²) in [5.74, 6) is 0.485. The van der Waals surface area contributed by atoms with E-state index in [2.05, 4.69) is 10.3 Å². The van der Waals surface area contributed by atoms with E-state index in [0.29, 0.717) is 10.8 Å². The van der Waals surface area contributed by atoms with Crippen molar-refractivity contribution in [2.75, 3.05) is 12.4 Å². The average Bonchev–Trinajstić information content (AvgIpc) is 2.46. The van der Waals surface area contributed by atoms with Crippen LogP contribution in [0.4, 0.5) is 11.5 Å². The Morgan fingerprint density at radius 2 is 2.00 bits per heavy atom. The van der Waals surface area contributed by atoms with E-state index in [4.69, 9.17) is 16.3 Å². The first-order valence-electron chi connectivity index (χ1n) is 5.80. The number of nitro groups is 1. The Morgan fingerprint density at radius 1 is 1.30 bits per heavy atom. The van der Waals surface area contributed by atoms with Crippen LogP contribution in [0.15, 0.2) is 36.4 Å². The van der Waals surface area contributed by atoms with Gasteiger partial charge in [-0.1, -0.05) is 23.7 Å². The van der Waals surface area contributed by atoms with Crippen LogP contribution >= 0.6 is 11.6 Å². The minimum atomic E-state index is -0.524. The second-order valence-corrected chi connectivity index (χ2v) is 4.38. The van der Waals surface area contributed by atoms with Gasteiger partial charge >= 0.3 is 5.69 Å². The standard InChI is InChI=1S/C13H12ClN3O3/c1-15-12-7-6-11(17(18)19)13(16-12)20-8-9-2-4-10(14)5-3-9/h2-7H,8H2,1H3,(H,15,16). The third kappa shape index (κ3) is 3.36. The van der Waals surface area contributed by atoms with Crippen molar-refractivity contribution in [3.63, 3.8) is 0 Å². The fraction of sp³-hybridized carbons (Fsp3) is 0.154. The van der Waals surface area contributed by atoms with E-state index in [1.54, 1.807) is 31.3 Å². The van der Waals surface area contributed by atoms with Crippen molar-refractivity contribution >= 4 is 23.1 Å². The molecule has 0 spiro atoms. The molecule has 2 rings (SSSR count). The van der Waals surface area contributed by atoms with Crippen molar-refractivity contribution in [3.05, 3.63) is 57.1 Å². The molecule has 0 radical (unpaired) electrons. The molecule has 0 amide bonds. The molecule has 0 fully saturated rings. The number of hydrogen-bond donors (Lipinski definition) is 1. The highest BCUT2D eigenvalue weighted by atomic mass is 35.5. The molecule has 0 aliphatic rings. The van der Waals surface area contributed by atoms with E-state index in [-0.39, 0.29) is 18.2 Å². The van der Waals surface area contributed by atoms with Gasteiger partial charge in [-0.15, -0.1) is 0 Å². The van der Waals surface area contributed by atoms with Crippen LogP contribution in [0.3, 0.4) is 0 Å². The second-order valence-electron chi connectivity index (χ2n) is 3.94. The average molecular weight is 294 g/mol. The number of ether oxygens (including phenoxy) is 1. The molecule has 1 aromatic carbocycles. The summed E-state index contributed by atoms with van der Waals surface area (Å²) < 4.78 is 5.43. The van der Waals surface area contributed by atoms with Crippen LogP contribution in [0.25, 0.3) is 0 Å². The SMILES string of the molecule is CNc1ccc([N+](=O)[O-])c(OCc2ccc(Cl)cc2)n1. The molecule has 0 aliphatic carbocycles. The normalized spacial score (nSPS) is 10.1. The van der Waals surface area contributed by atoms with E-state index >= 15 is 0 Å². The predicted molar refractivity (Wildman–Crippen MR) is 76.2 cm³/mol. The van der Waals surface area contributed by atoms with Gasteiger partial charge in [-0.05, 0) is 23.8 Å². The van der Waals surface area contributed by atoms with E-state index in [0.717, 1.165) is 5.56 Å². The van der Waals surface area contributed by atoms with Crippen LogP contribution < -0.4 is 10.1 Å². The van der Waals surface area contributed by atoms with Gasteiger partial charge in [0.2, 0.25) is 0 Å². The minimum absolute atomic E-state index is 0.0169. The minimum Gasteiger partial charge on any atom is -0.468 e. The van der Waals surface area contributed by atoms with Gasteiger partial charge in [-0.2, -0.15) is 4.98 Å². The van der Waals surface area contributed by atoms with E-state index in [1.807, 2.05) is 0 Å². The number of hydrogen-bond acceptors (Lipinski definition) is 5. The smallest absolute Gasteiger partial charge is 0.331 e. The molecule has 1 N–H and O–H groups in total. The highest BCUT2D eigenvalue weighted by Gasteiger charge is 2.17. The Labute approximate surface area is 120 Å². The predicted octanol–water partition coefficient (Wildman–Crippen LogP) is 3.26. The van der Waals surface area contributed by atoms with Gasteiger partial charge < -0.3 is 10.1 Å². The lowest BCUT2D eigenvalue weighted by atomic mass is 10.2. The molecule has 1 heterocycles. The number of nitrogens with zero attached hydrogens (tertiary/aromatic N) is 2. The highest BCUT2D eigenvalue weighted by Crippen LogP contribution is 2.27. The van der Waals surface area contributed by atoms with Crippen molar-refractivity contribution in [2.45, 2.75) is 6.61 Å². The summed E-state index contributed by atoms with van der Waals surface area (Å²) in [5, 5.41) is 14.4. The Bertz CT molecular complexity index is 617. The number of rotatable bonds is 5. The Balaban J connectivity index is 2.18. The van der Waals surface area contributed by atoms with E-state index < -0.39 is 4.92 Å². The van der Waals surface area contributed by atoms with Crippen molar-refractivity contribution in [1.82, 2.24) is 4.98 Å². The van der Waals surface area contributed by atoms with Crippen molar-refractivity contribution in [3.8, 4) is 5.88 Å². The first-order chi connectivity index (χ1) is 9.60. The molecule has 2 aromatic rings. The van der Waals surface area contributed by atoms with Gasteiger partial charge in [0.05, 0.1) is 4.92 Å². The number of benzene rings is 1. The van der Waals surface area contributed by atoms with Gasteiger partial charge in [-0.3, -0.25) is 10.1 Å². The maximum Gasteiger partial charge on any atom is 0.331 e. The Morgan fingerprint density at radius 3 is 2.60 bits per heavy atom. The molecule has 6 nitrogen and oxygen atoms in total. The lowest BCUT2D eigenvalue weighted by Crippen LogP contribution is -2.03. The van der Waals surface area contributed by atoms with E-state index in [1.165, 1.54) is 12.1 Å². The number of aromatic nitrogens is 1. The van der Waals surface area contributed by atoms with Gasteiger partial charge in [-0.25, -0.2) is 0 Å². The maximum absolute atomic E-state index is 10.9. The van der Waals surface area contributed by atoms with Gasteiger partial charge in [0.25, 0.3) is 5.88 Å². The number of nitrogens with one attached hydrogen (secondary N) is 1. The van der Waals surface area contributed by atoms with Crippen LogP contribution in [-0.4, -0.2) is 17.0 Å². The summed E-state index contributed by atoms with van der Waals surface area (Å²) in [6.45, 7) is 0.179. The Kier molecular flexibility index (Phi) is 4.37. The number of anilines is 1. The molecule has 0 aliphatic heterocycles. The summed E-state index contributed by atoms with van der Waals surface area (Å²) >= 11 is 5.78. The molecular weight excluding hydrogens is 282 g/mol. The highest BCUT2D eigenvalue weighted by molar-refractivity contribution is 6.30. The first kappa shape index (κ1) is 14.1. The van der Waals surface area contributed by atoms with E-state index in [9.17, 15) is 10.1 Å². The zero-order valence-corrected chi connectivity index (χ0v) is 11.4. The molecule has 0 unspecified atom stereocenters. The van der Waals surface area contributed by atoms with Crippen molar-refractivity contribution in [2.24, 2.45) is 0 Å². The topological polar surface area (TPSA) is 77.3 Å². The summed E-state index contributed by atoms with van der Waals surface area (Å²) in [7, 11) is 1.68. The van der Waals surface area contributed by atoms with Crippen LogP contribution in [0, 0.1) is 10.1 Å². The summed E-state index contributed by atoms with van der Waals surface area (Å²) in [6, 6.07) is 9.91. The fourth-order valence-electron chi connectivity index (χ4n) is 1.55. The molecular formula is C13H12ClN3O3. The maximum atomic E-state index is 10.9. The van der Waals surface area contributed by atoms with Gasteiger partial charge in [0.15, 0.2) is 0 Å². The molecule has 1 aromatic heterocycles. The van der Waals surface area contributed by atoms with Crippen LogP contribution in [0.2, 0.25) is 5.02 Å². The second kappa shape index (κ2) is 6.21. The molecule has 7 heteroatoms. The van der Waals surface area contributed by atoms with Crippen LogP contribution in [0.1, 0.15) is 5.56 Å². The molecule has 0 saturated carbocycles. The molecule has 0 atom stereocenters. The largest absolute Gasteiger partial charge is 0.468 e. The summed E-state index contributed by atoms with van der Waals surface area (Å²) in [4.78, 5) is 14.4. The molecule has 0 bridgehead atoms.